The Bertz CT molecular complexity index is 1300. The van der Waals surface area contributed by atoms with Gasteiger partial charge in [-0.3, -0.25) is 14.4 Å². The number of nitrogens with zero attached hydrogens (tertiary/aromatic N) is 3. The van der Waals surface area contributed by atoms with Crippen molar-refractivity contribution in [1.29, 1.82) is 0 Å². The van der Waals surface area contributed by atoms with Crippen molar-refractivity contribution in [3.05, 3.63) is 95.1 Å². The molecule has 0 unspecified atom stereocenters. The maximum Gasteiger partial charge on any atom is 0.256 e. The molecule has 0 aromatic heterocycles. The van der Waals surface area contributed by atoms with Gasteiger partial charge in [-0.2, -0.15) is 0 Å². The van der Waals surface area contributed by atoms with E-state index in [-0.39, 0.29) is 17.7 Å². The van der Waals surface area contributed by atoms with Crippen LogP contribution in [0.1, 0.15) is 44.7 Å². The van der Waals surface area contributed by atoms with Gasteiger partial charge in [-0.1, -0.05) is 36.4 Å². The fourth-order valence-electron chi connectivity index (χ4n) is 4.96. The van der Waals surface area contributed by atoms with E-state index in [2.05, 4.69) is 5.32 Å². The van der Waals surface area contributed by atoms with Crippen LogP contribution in [0.15, 0.2) is 72.8 Å². The highest BCUT2D eigenvalue weighted by Gasteiger charge is 2.41. The van der Waals surface area contributed by atoms with Gasteiger partial charge >= 0.3 is 0 Å². The van der Waals surface area contributed by atoms with E-state index < -0.39 is 6.04 Å². The van der Waals surface area contributed by atoms with Crippen LogP contribution in [0.4, 0.5) is 11.4 Å². The molecule has 2 heterocycles. The molecule has 7 heteroatoms. The first-order valence-corrected chi connectivity index (χ1v) is 12.3. The minimum absolute atomic E-state index is 0.0678. The number of rotatable bonds is 6. The summed E-state index contributed by atoms with van der Waals surface area (Å²) in [6.45, 7) is 1.32. The summed E-state index contributed by atoms with van der Waals surface area (Å²) in [5.41, 5.74) is 4.65. The first-order valence-electron chi connectivity index (χ1n) is 12.3. The summed E-state index contributed by atoms with van der Waals surface area (Å²) in [5.74, 6) is -0.328. The molecular formula is C29H30N4O3. The van der Waals surface area contributed by atoms with Crippen LogP contribution in [-0.2, 0) is 17.9 Å². The van der Waals surface area contributed by atoms with Gasteiger partial charge in [0.1, 0.15) is 6.04 Å². The van der Waals surface area contributed by atoms with Gasteiger partial charge in [-0.15, -0.1) is 0 Å². The summed E-state index contributed by atoms with van der Waals surface area (Å²) in [5, 5.41) is 2.98. The van der Waals surface area contributed by atoms with Crippen LogP contribution < -0.4 is 15.1 Å². The smallest absolute Gasteiger partial charge is 0.256 e. The third-order valence-electron chi connectivity index (χ3n) is 6.93. The second-order valence-electron chi connectivity index (χ2n) is 9.54. The molecule has 0 saturated carbocycles. The predicted octanol–water partition coefficient (Wildman–Crippen LogP) is 3.83. The maximum absolute atomic E-state index is 13.5. The van der Waals surface area contributed by atoms with E-state index in [9.17, 15) is 14.4 Å². The zero-order chi connectivity index (χ0) is 25.2. The molecule has 0 radical (unpaired) electrons. The number of fused-ring (bicyclic) bond motifs is 2. The summed E-state index contributed by atoms with van der Waals surface area (Å²) in [7, 11) is 3.98. The van der Waals surface area contributed by atoms with Gasteiger partial charge in [-0.25, -0.2) is 0 Å². The molecular weight excluding hydrogens is 452 g/mol. The average molecular weight is 483 g/mol. The van der Waals surface area contributed by atoms with Crippen molar-refractivity contribution >= 4 is 29.1 Å². The fraction of sp³-hybridized carbons (Fsp3) is 0.276. The molecule has 1 atom stereocenters. The normalized spacial score (nSPS) is 16.9. The lowest BCUT2D eigenvalue weighted by Crippen LogP contribution is -2.44. The van der Waals surface area contributed by atoms with Crippen LogP contribution in [-0.4, -0.2) is 49.3 Å². The van der Waals surface area contributed by atoms with Crippen LogP contribution in [0.3, 0.4) is 0 Å². The van der Waals surface area contributed by atoms with E-state index >= 15 is 0 Å². The summed E-state index contributed by atoms with van der Waals surface area (Å²) < 4.78 is 0. The van der Waals surface area contributed by atoms with Gasteiger partial charge in [0, 0.05) is 38.4 Å². The summed E-state index contributed by atoms with van der Waals surface area (Å²) in [6.07, 6.45) is 1.50. The number of nitrogens with one attached hydrogen (secondary N) is 1. The lowest BCUT2D eigenvalue weighted by atomic mass is 10.1. The van der Waals surface area contributed by atoms with E-state index in [0.717, 1.165) is 23.2 Å². The lowest BCUT2D eigenvalue weighted by Gasteiger charge is -2.26. The second kappa shape index (κ2) is 9.85. The molecule has 0 bridgehead atoms. The molecule has 3 amide bonds. The van der Waals surface area contributed by atoms with Crippen molar-refractivity contribution in [3.8, 4) is 0 Å². The zero-order valence-corrected chi connectivity index (χ0v) is 20.6. The summed E-state index contributed by atoms with van der Waals surface area (Å²) in [4.78, 5) is 45.0. The van der Waals surface area contributed by atoms with E-state index in [1.54, 1.807) is 21.9 Å². The van der Waals surface area contributed by atoms with E-state index in [1.165, 1.54) is 0 Å². The van der Waals surface area contributed by atoms with Crippen molar-refractivity contribution in [2.24, 2.45) is 0 Å². The largest absolute Gasteiger partial charge is 0.378 e. The SMILES string of the molecule is CN(C)c1ccc(CNC(=O)c2cccc(CN3C(=O)[C@H]4CCCN4C(=O)c4ccccc43)c2)cc1. The molecule has 36 heavy (non-hydrogen) atoms. The van der Waals surface area contributed by atoms with Crippen molar-refractivity contribution < 1.29 is 14.4 Å². The van der Waals surface area contributed by atoms with Crippen LogP contribution in [0, 0.1) is 0 Å². The number of carbonyl (C=O) groups excluding carboxylic acids is 3. The van der Waals surface area contributed by atoms with Gasteiger partial charge in [0.15, 0.2) is 0 Å². The molecule has 5 rings (SSSR count). The Labute approximate surface area is 211 Å². The van der Waals surface area contributed by atoms with Crippen molar-refractivity contribution in [2.75, 3.05) is 30.4 Å². The highest BCUT2D eigenvalue weighted by Crippen LogP contribution is 2.33. The molecule has 2 aliphatic heterocycles. The van der Waals surface area contributed by atoms with Gasteiger partial charge in [0.05, 0.1) is 17.8 Å². The number of hydrogen-bond acceptors (Lipinski definition) is 4. The number of benzene rings is 3. The number of carbonyl (C=O) groups is 3. The molecule has 1 N–H and O–H groups in total. The Kier molecular flexibility index (Phi) is 6.46. The molecule has 2 aliphatic rings. The predicted molar refractivity (Wildman–Crippen MR) is 140 cm³/mol. The summed E-state index contributed by atoms with van der Waals surface area (Å²) in [6, 6.07) is 22.2. The fourth-order valence-corrected chi connectivity index (χ4v) is 4.96. The zero-order valence-electron chi connectivity index (χ0n) is 20.6. The summed E-state index contributed by atoms with van der Waals surface area (Å²) >= 11 is 0. The first-order chi connectivity index (χ1) is 17.4. The first kappa shape index (κ1) is 23.6. The molecule has 0 aliphatic carbocycles. The maximum atomic E-state index is 13.5. The van der Waals surface area contributed by atoms with Crippen LogP contribution in [0.2, 0.25) is 0 Å². The van der Waals surface area contributed by atoms with Gasteiger partial charge in [0.25, 0.3) is 11.8 Å². The molecule has 0 spiro atoms. The third kappa shape index (κ3) is 4.56. The van der Waals surface area contributed by atoms with Crippen LogP contribution >= 0.6 is 0 Å². The Morgan fingerprint density at radius 1 is 0.972 bits per heavy atom. The van der Waals surface area contributed by atoms with E-state index in [0.29, 0.717) is 42.9 Å². The van der Waals surface area contributed by atoms with Gasteiger partial charge in [-0.05, 0) is 60.4 Å². The highest BCUT2D eigenvalue weighted by molar-refractivity contribution is 6.11. The van der Waals surface area contributed by atoms with Crippen molar-refractivity contribution in [1.82, 2.24) is 10.2 Å². The Balaban J connectivity index is 1.34. The van der Waals surface area contributed by atoms with Gasteiger partial charge < -0.3 is 20.0 Å². The highest BCUT2D eigenvalue weighted by atomic mass is 16.2. The standard InChI is InChI=1S/C29H30N4O3/c1-31(2)23-14-12-20(13-15-23)18-30-27(34)22-8-5-7-21(17-22)19-33-25-10-4-3-9-24(25)28(35)32-16-6-11-26(32)29(33)36/h3-5,7-10,12-15,17,26H,6,11,16,18-19H2,1-2H3,(H,30,34)/t26-/m1/s1. The number of amides is 3. The molecule has 3 aromatic carbocycles. The molecule has 1 fully saturated rings. The third-order valence-corrected chi connectivity index (χ3v) is 6.93. The average Bonchev–Trinajstić information content (AvgIpc) is 3.37. The quantitative estimate of drug-likeness (QED) is 0.580. The topological polar surface area (TPSA) is 73.0 Å². The second-order valence-corrected chi connectivity index (χ2v) is 9.54. The lowest BCUT2D eigenvalue weighted by molar-refractivity contribution is -0.122. The van der Waals surface area contributed by atoms with E-state index in [1.807, 2.05) is 79.7 Å². The molecule has 184 valence electrons. The Hall–Kier alpha value is -4.13. The molecule has 7 nitrogen and oxygen atoms in total. The Morgan fingerprint density at radius 3 is 2.53 bits per heavy atom. The monoisotopic (exact) mass is 482 g/mol. The Morgan fingerprint density at radius 2 is 1.75 bits per heavy atom. The van der Waals surface area contributed by atoms with E-state index in [4.69, 9.17) is 0 Å². The van der Waals surface area contributed by atoms with Crippen molar-refractivity contribution in [3.63, 3.8) is 0 Å². The van der Waals surface area contributed by atoms with Gasteiger partial charge in [0.2, 0.25) is 5.91 Å². The molecule has 3 aromatic rings. The number of hydrogen-bond donors (Lipinski definition) is 1. The number of anilines is 2. The van der Waals surface area contributed by atoms with Crippen LogP contribution in [0.5, 0.6) is 0 Å². The van der Waals surface area contributed by atoms with Crippen molar-refractivity contribution in [2.45, 2.75) is 32.0 Å². The minimum atomic E-state index is -0.435. The van der Waals surface area contributed by atoms with Crippen LogP contribution in [0.25, 0.3) is 0 Å². The molecule has 1 saturated heterocycles. The minimum Gasteiger partial charge on any atom is -0.378 e. The number of para-hydroxylation sites is 1.